The van der Waals surface area contributed by atoms with Crippen LogP contribution in [0.25, 0.3) is 0 Å². The Bertz CT molecular complexity index is 808. The number of nitrogens with one attached hydrogen (secondary N) is 1. The van der Waals surface area contributed by atoms with E-state index in [1.54, 1.807) is 28.8 Å². The van der Waals surface area contributed by atoms with Crippen LogP contribution < -0.4 is 5.32 Å². The topological polar surface area (TPSA) is 76.5 Å². The summed E-state index contributed by atoms with van der Waals surface area (Å²) >= 11 is 6.21. The SMILES string of the molecule is CCOC(=O)N1CCC[C@@H](C(=O)Nc2ccnn2Cc2ccccc2Cl)C1. The Labute approximate surface area is 163 Å². The van der Waals surface area contributed by atoms with E-state index in [9.17, 15) is 9.59 Å². The third kappa shape index (κ3) is 4.80. The largest absolute Gasteiger partial charge is 0.450 e. The van der Waals surface area contributed by atoms with Gasteiger partial charge in [0.15, 0.2) is 0 Å². The van der Waals surface area contributed by atoms with Gasteiger partial charge in [-0.2, -0.15) is 5.10 Å². The molecule has 1 aliphatic heterocycles. The van der Waals surface area contributed by atoms with Crippen LogP contribution in [0, 0.1) is 5.92 Å². The smallest absolute Gasteiger partial charge is 0.409 e. The lowest BCUT2D eigenvalue weighted by Gasteiger charge is -2.31. The van der Waals surface area contributed by atoms with E-state index >= 15 is 0 Å². The third-order valence-corrected chi connectivity index (χ3v) is 4.93. The summed E-state index contributed by atoms with van der Waals surface area (Å²) in [5.74, 6) is 0.213. The van der Waals surface area contributed by atoms with Gasteiger partial charge in [-0.3, -0.25) is 4.79 Å². The van der Waals surface area contributed by atoms with Crippen LogP contribution in [0.2, 0.25) is 5.02 Å². The van der Waals surface area contributed by atoms with Crippen LogP contribution in [0.15, 0.2) is 36.5 Å². The van der Waals surface area contributed by atoms with E-state index in [-0.39, 0.29) is 17.9 Å². The van der Waals surface area contributed by atoms with Gasteiger partial charge in [0.05, 0.1) is 25.3 Å². The summed E-state index contributed by atoms with van der Waals surface area (Å²) in [6, 6.07) is 9.28. The third-order valence-electron chi connectivity index (χ3n) is 4.56. The van der Waals surface area contributed by atoms with E-state index in [0.29, 0.717) is 37.1 Å². The lowest BCUT2D eigenvalue weighted by Crippen LogP contribution is -2.44. The molecule has 3 rings (SSSR count). The summed E-state index contributed by atoms with van der Waals surface area (Å²) in [6.07, 6.45) is 2.78. The molecule has 7 nitrogen and oxygen atoms in total. The number of halogens is 1. The minimum absolute atomic E-state index is 0.120. The highest BCUT2D eigenvalue weighted by Gasteiger charge is 2.29. The summed E-state index contributed by atoms with van der Waals surface area (Å²) in [5, 5.41) is 7.86. The second-order valence-electron chi connectivity index (χ2n) is 6.44. The number of nitrogens with zero attached hydrogens (tertiary/aromatic N) is 3. The van der Waals surface area contributed by atoms with E-state index in [2.05, 4.69) is 10.4 Å². The molecule has 2 aromatic rings. The van der Waals surface area contributed by atoms with E-state index in [1.807, 2.05) is 24.3 Å². The van der Waals surface area contributed by atoms with Crippen LogP contribution in [0.4, 0.5) is 10.6 Å². The van der Waals surface area contributed by atoms with Crippen LogP contribution in [0.1, 0.15) is 25.3 Å². The number of carbonyl (C=O) groups is 2. The van der Waals surface area contributed by atoms with Gasteiger partial charge in [-0.05, 0) is 31.4 Å². The maximum Gasteiger partial charge on any atom is 0.409 e. The number of hydrogen-bond donors (Lipinski definition) is 1. The summed E-state index contributed by atoms with van der Waals surface area (Å²) in [7, 11) is 0. The van der Waals surface area contributed by atoms with Gasteiger partial charge in [-0.15, -0.1) is 0 Å². The highest BCUT2D eigenvalue weighted by Crippen LogP contribution is 2.21. The van der Waals surface area contributed by atoms with E-state index in [4.69, 9.17) is 16.3 Å². The Kier molecular flexibility index (Phi) is 6.34. The molecule has 0 unspecified atom stereocenters. The van der Waals surface area contributed by atoms with Crippen molar-refractivity contribution in [1.29, 1.82) is 0 Å². The average Bonchev–Trinajstić information content (AvgIpc) is 3.10. The summed E-state index contributed by atoms with van der Waals surface area (Å²) in [4.78, 5) is 26.2. The number of aromatic nitrogens is 2. The fraction of sp³-hybridized carbons (Fsp3) is 0.421. The predicted molar refractivity (Wildman–Crippen MR) is 103 cm³/mol. The summed E-state index contributed by atoms with van der Waals surface area (Å²) in [6.45, 7) is 3.54. The average molecular weight is 391 g/mol. The molecular formula is C19H23ClN4O3. The summed E-state index contributed by atoms with van der Waals surface area (Å²) in [5.41, 5.74) is 0.921. The van der Waals surface area contributed by atoms with Gasteiger partial charge in [-0.1, -0.05) is 29.8 Å². The number of benzene rings is 1. The van der Waals surface area contributed by atoms with Crippen molar-refractivity contribution in [2.45, 2.75) is 26.3 Å². The monoisotopic (exact) mass is 390 g/mol. The fourth-order valence-corrected chi connectivity index (χ4v) is 3.35. The van der Waals surface area contributed by atoms with Crippen LogP contribution in [0.5, 0.6) is 0 Å². The zero-order valence-corrected chi connectivity index (χ0v) is 16.0. The molecular weight excluding hydrogens is 368 g/mol. The maximum absolute atomic E-state index is 12.7. The van der Waals surface area contributed by atoms with E-state index in [1.165, 1.54) is 0 Å². The highest BCUT2D eigenvalue weighted by atomic mass is 35.5. The molecule has 0 radical (unpaired) electrons. The predicted octanol–water partition coefficient (Wildman–Crippen LogP) is 3.39. The first kappa shape index (κ1) is 19.2. The van der Waals surface area contributed by atoms with Gasteiger partial charge in [0.2, 0.25) is 5.91 Å². The molecule has 1 atom stereocenters. The van der Waals surface area contributed by atoms with Crippen molar-refractivity contribution in [3.8, 4) is 0 Å². The number of rotatable bonds is 5. The number of likely N-dealkylation sites (tertiary alicyclic amines) is 1. The molecule has 0 saturated carbocycles. The van der Waals surface area contributed by atoms with E-state index < -0.39 is 0 Å². The Hall–Kier alpha value is -2.54. The molecule has 8 heteroatoms. The van der Waals surface area contributed by atoms with Crippen molar-refractivity contribution >= 4 is 29.4 Å². The van der Waals surface area contributed by atoms with Gasteiger partial charge in [0.1, 0.15) is 5.82 Å². The molecule has 27 heavy (non-hydrogen) atoms. The second-order valence-corrected chi connectivity index (χ2v) is 6.85. The van der Waals surface area contributed by atoms with Gasteiger partial charge in [-0.25, -0.2) is 9.48 Å². The normalized spacial score (nSPS) is 16.8. The standard InChI is InChI=1S/C19H23ClN4O3/c1-2-27-19(26)23-11-5-7-15(12-23)18(25)22-17-9-10-21-24(17)13-14-6-3-4-8-16(14)20/h3-4,6,8-10,15H,2,5,7,11-13H2,1H3,(H,22,25)/t15-/m1/s1. The molecule has 144 valence electrons. The Morgan fingerprint density at radius 3 is 2.93 bits per heavy atom. The lowest BCUT2D eigenvalue weighted by atomic mass is 9.97. The van der Waals surface area contributed by atoms with Crippen LogP contribution >= 0.6 is 11.6 Å². The quantitative estimate of drug-likeness (QED) is 0.848. The number of piperidine rings is 1. The lowest BCUT2D eigenvalue weighted by molar-refractivity contribution is -0.121. The zero-order chi connectivity index (χ0) is 19.2. The molecule has 2 amide bonds. The number of carbonyl (C=O) groups excluding carboxylic acids is 2. The van der Waals surface area contributed by atoms with Crippen molar-refractivity contribution in [2.24, 2.45) is 5.92 Å². The first-order valence-electron chi connectivity index (χ1n) is 9.06. The number of ether oxygens (including phenoxy) is 1. The van der Waals surface area contributed by atoms with Crippen molar-refractivity contribution in [3.63, 3.8) is 0 Å². The van der Waals surface area contributed by atoms with Crippen LogP contribution in [-0.2, 0) is 16.1 Å². The minimum Gasteiger partial charge on any atom is -0.450 e. The second kappa shape index (κ2) is 8.90. The van der Waals surface area contributed by atoms with Crippen LogP contribution in [-0.4, -0.2) is 46.4 Å². The van der Waals surface area contributed by atoms with Crippen molar-refractivity contribution < 1.29 is 14.3 Å². The number of hydrogen-bond acceptors (Lipinski definition) is 4. The number of amides is 2. The first-order chi connectivity index (χ1) is 13.1. The molecule has 1 N–H and O–H groups in total. The zero-order valence-electron chi connectivity index (χ0n) is 15.2. The molecule has 1 fully saturated rings. The van der Waals surface area contributed by atoms with Crippen molar-refractivity contribution in [3.05, 3.63) is 47.1 Å². The van der Waals surface area contributed by atoms with Gasteiger partial charge >= 0.3 is 6.09 Å². The fourth-order valence-electron chi connectivity index (χ4n) is 3.15. The van der Waals surface area contributed by atoms with Crippen molar-refractivity contribution in [2.75, 3.05) is 25.0 Å². The molecule has 1 saturated heterocycles. The first-order valence-corrected chi connectivity index (χ1v) is 9.44. The molecule has 1 aromatic heterocycles. The Morgan fingerprint density at radius 2 is 2.15 bits per heavy atom. The highest BCUT2D eigenvalue weighted by molar-refractivity contribution is 6.31. The molecule has 2 heterocycles. The number of anilines is 1. The van der Waals surface area contributed by atoms with Gasteiger partial charge in [0, 0.05) is 24.2 Å². The maximum atomic E-state index is 12.7. The molecule has 0 aliphatic carbocycles. The molecule has 0 spiro atoms. The minimum atomic E-state index is -0.362. The molecule has 0 bridgehead atoms. The van der Waals surface area contributed by atoms with Gasteiger partial charge < -0.3 is 15.0 Å². The molecule has 1 aliphatic rings. The van der Waals surface area contributed by atoms with Crippen LogP contribution in [0.3, 0.4) is 0 Å². The van der Waals surface area contributed by atoms with Crippen molar-refractivity contribution in [1.82, 2.24) is 14.7 Å². The molecule has 1 aromatic carbocycles. The van der Waals surface area contributed by atoms with E-state index in [0.717, 1.165) is 18.4 Å². The van der Waals surface area contributed by atoms with Gasteiger partial charge in [0.25, 0.3) is 0 Å². The Balaban J connectivity index is 1.64. The Morgan fingerprint density at radius 1 is 1.33 bits per heavy atom. The summed E-state index contributed by atoms with van der Waals surface area (Å²) < 4.78 is 6.74.